The summed E-state index contributed by atoms with van der Waals surface area (Å²) in [5, 5.41) is 5.23. The van der Waals surface area contributed by atoms with Crippen molar-refractivity contribution in [2.75, 3.05) is 13.7 Å². The van der Waals surface area contributed by atoms with Gasteiger partial charge in [0.05, 0.1) is 30.7 Å². The van der Waals surface area contributed by atoms with Crippen molar-refractivity contribution < 1.29 is 18.7 Å². The predicted octanol–water partition coefficient (Wildman–Crippen LogP) is 5.15. The maximum absolute atomic E-state index is 13.1. The molecule has 2 aromatic heterocycles. The molecule has 0 radical (unpaired) electrons. The molecule has 0 saturated heterocycles. The Hall–Kier alpha value is -3.54. The normalized spacial score (nSPS) is 18.5. The minimum Gasteiger partial charge on any atom is -0.469 e. The number of esters is 1. The van der Waals surface area contributed by atoms with E-state index in [0.29, 0.717) is 24.6 Å². The number of ether oxygens (including phenoxy) is 1. The van der Waals surface area contributed by atoms with Crippen LogP contribution in [0, 0.1) is 11.8 Å². The van der Waals surface area contributed by atoms with Gasteiger partial charge in [-0.2, -0.15) is 0 Å². The quantitative estimate of drug-likeness (QED) is 0.418. The Morgan fingerprint density at radius 1 is 1.03 bits per heavy atom. The lowest BCUT2D eigenvalue weighted by Crippen LogP contribution is -2.32. The number of nitrogens with zero attached hydrogens (tertiary/aromatic N) is 1. The molecule has 2 aromatic carbocycles. The zero-order valence-corrected chi connectivity index (χ0v) is 18.8. The number of nitrogens with one attached hydrogen (secondary N) is 1. The summed E-state index contributed by atoms with van der Waals surface area (Å²) in [5.41, 5.74) is 2.44. The number of benzene rings is 2. The van der Waals surface area contributed by atoms with Gasteiger partial charge in [0.15, 0.2) is 0 Å². The number of methoxy groups -OCH3 is 1. The van der Waals surface area contributed by atoms with Gasteiger partial charge in [-0.05, 0) is 55.9 Å². The number of furan rings is 1. The molecule has 2 heterocycles. The first-order chi connectivity index (χ1) is 16.1. The molecule has 6 nitrogen and oxygen atoms in total. The van der Waals surface area contributed by atoms with Crippen LogP contribution in [0.3, 0.4) is 0 Å². The molecular weight excluding hydrogens is 416 g/mol. The zero-order chi connectivity index (χ0) is 22.8. The van der Waals surface area contributed by atoms with Gasteiger partial charge in [0.1, 0.15) is 11.3 Å². The Bertz CT molecular complexity index is 1260. The lowest BCUT2D eigenvalue weighted by Gasteiger charge is -2.27. The van der Waals surface area contributed by atoms with Gasteiger partial charge in [-0.1, -0.05) is 30.3 Å². The second-order valence-electron chi connectivity index (χ2n) is 8.89. The Morgan fingerprint density at radius 2 is 1.82 bits per heavy atom. The Morgan fingerprint density at radius 3 is 2.61 bits per heavy atom. The third-order valence-corrected chi connectivity index (χ3v) is 6.77. The van der Waals surface area contributed by atoms with E-state index in [2.05, 4.69) is 16.0 Å². The molecule has 0 aliphatic heterocycles. The highest BCUT2D eigenvalue weighted by Gasteiger charge is 2.27. The molecule has 33 heavy (non-hydrogen) atoms. The fraction of sp³-hybridized carbons (Fsp3) is 0.333. The molecular formula is C27H28N2O4. The molecule has 170 valence electrons. The van der Waals surface area contributed by atoms with Crippen LogP contribution in [-0.4, -0.2) is 30.1 Å². The molecule has 1 fully saturated rings. The molecule has 0 bridgehead atoms. The fourth-order valence-corrected chi connectivity index (χ4v) is 4.96. The number of carbonyl (C=O) groups is 2. The van der Waals surface area contributed by atoms with Crippen LogP contribution in [-0.2, 0) is 16.1 Å². The van der Waals surface area contributed by atoms with Crippen LogP contribution in [0.25, 0.3) is 21.9 Å². The van der Waals surface area contributed by atoms with Crippen molar-refractivity contribution in [2.45, 2.75) is 32.2 Å². The van der Waals surface area contributed by atoms with E-state index in [1.165, 1.54) is 7.11 Å². The van der Waals surface area contributed by atoms with E-state index in [1.807, 2.05) is 54.7 Å². The number of rotatable bonds is 6. The lowest BCUT2D eigenvalue weighted by atomic mass is 9.82. The molecule has 4 aromatic rings. The first-order valence-corrected chi connectivity index (χ1v) is 11.5. The van der Waals surface area contributed by atoms with Gasteiger partial charge in [-0.3, -0.25) is 9.59 Å². The smallest absolute Gasteiger partial charge is 0.308 e. The SMILES string of the molecule is COC(=O)[C@H]1CC[C@H](CNC(=O)c2cccc3ccn(Cc4cc5ccccc5o4)c23)CC1. The van der Waals surface area contributed by atoms with Crippen molar-refractivity contribution in [1.82, 2.24) is 9.88 Å². The highest BCUT2D eigenvalue weighted by atomic mass is 16.5. The van der Waals surface area contributed by atoms with E-state index in [1.54, 1.807) is 0 Å². The molecule has 1 saturated carbocycles. The molecule has 1 aliphatic rings. The van der Waals surface area contributed by atoms with Gasteiger partial charge in [0.25, 0.3) is 5.91 Å². The first kappa shape index (κ1) is 21.3. The number of amides is 1. The zero-order valence-electron chi connectivity index (χ0n) is 18.8. The van der Waals surface area contributed by atoms with Crippen molar-refractivity contribution in [2.24, 2.45) is 11.8 Å². The Balaban J connectivity index is 1.29. The van der Waals surface area contributed by atoms with Crippen molar-refractivity contribution in [3.8, 4) is 0 Å². The largest absolute Gasteiger partial charge is 0.469 e. The Kier molecular flexibility index (Phi) is 5.90. The molecule has 0 atom stereocenters. The van der Waals surface area contributed by atoms with Crippen LogP contribution in [0.4, 0.5) is 0 Å². The number of carbonyl (C=O) groups excluding carboxylic acids is 2. The van der Waals surface area contributed by atoms with Gasteiger partial charge in [-0.25, -0.2) is 0 Å². The maximum atomic E-state index is 13.1. The topological polar surface area (TPSA) is 73.5 Å². The Labute approximate surface area is 192 Å². The number of hydrogen-bond acceptors (Lipinski definition) is 4. The summed E-state index contributed by atoms with van der Waals surface area (Å²) in [6, 6.07) is 17.9. The molecule has 1 aliphatic carbocycles. The second-order valence-corrected chi connectivity index (χ2v) is 8.89. The van der Waals surface area contributed by atoms with Crippen LogP contribution in [0.2, 0.25) is 0 Å². The average molecular weight is 445 g/mol. The van der Waals surface area contributed by atoms with Crippen LogP contribution in [0.15, 0.2) is 65.2 Å². The highest BCUT2D eigenvalue weighted by molar-refractivity contribution is 6.06. The fourth-order valence-electron chi connectivity index (χ4n) is 4.96. The number of fused-ring (bicyclic) bond motifs is 2. The van der Waals surface area contributed by atoms with Gasteiger partial charge >= 0.3 is 5.97 Å². The van der Waals surface area contributed by atoms with Crippen LogP contribution in [0.5, 0.6) is 0 Å². The molecule has 5 rings (SSSR count). The van der Waals surface area contributed by atoms with Crippen LogP contribution < -0.4 is 5.32 Å². The highest BCUT2D eigenvalue weighted by Crippen LogP contribution is 2.29. The number of aromatic nitrogens is 1. The maximum Gasteiger partial charge on any atom is 0.308 e. The van der Waals surface area contributed by atoms with E-state index in [-0.39, 0.29) is 17.8 Å². The predicted molar refractivity (Wildman–Crippen MR) is 127 cm³/mol. The van der Waals surface area contributed by atoms with E-state index >= 15 is 0 Å². The van der Waals surface area contributed by atoms with Gasteiger partial charge in [0.2, 0.25) is 0 Å². The standard InChI is InChI=1S/C27H28N2O4/c1-32-27(31)20-11-9-18(10-12-20)16-28-26(30)23-7-4-6-19-13-14-29(25(19)23)17-22-15-21-5-2-3-8-24(21)33-22/h2-8,13-15,18,20H,9-12,16-17H2,1H3,(H,28,30)/t18-,20-. The molecule has 1 N–H and O–H groups in total. The summed E-state index contributed by atoms with van der Waals surface area (Å²) in [4.78, 5) is 24.9. The average Bonchev–Trinajstić information content (AvgIpc) is 3.46. The van der Waals surface area contributed by atoms with Gasteiger partial charge in [0, 0.05) is 23.5 Å². The van der Waals surface area contributed by atoms with E-state index in [4.69, 9.17) is 9.15 Å². The summed E-state index contributed by atoms with van der Waals surface area (Å²) in [7, 11) is 1.44. The summed E-state index contributed by atoms with van der Waals surface area (Å²) in [6.45, 7) is 1.17. The van der Waals surface area contributed by atoms with E-state index < -0.39 is 0 Å². The van der Waals surface area contributed by atoms with Crippen LogP contribution in [0.1, 0.15) is 41.8 Å². The molecule has 0 spiro atoms. The van der Waals surface area contributed by atoms with Crippen molar-refractivity contribution in [3.05, 3.63) is 72.1 Å². The summed E-state index contributed by atoms with van der Waals surface area (Å²) >= 11 is 0. The third kappa shape index (κ3) is 4.38. The monoisotopic (exact) mass is 444 g/mol. The summed E-state index contributed by atoms with van der Waals surface area (Å²) < 4.78 is 12.9. The van der Waals surface area contributed by atoms with Crippen molar-refractivity contribution in [3.63, 3.8) is 0 Å². The first-order valence-electron chi connectivity index (χ1n) is 11.5. The van der Waals surface area contributed by atoms with Gasteiger partial charge in [-0.15, -0.1) is 0 Å². The second kappa shape index (κ2) is 9.14. The summed E-state index contributed by atoms with van der Waals surface area (Å²) in [5.74, 6) is 1.05. The molecule has 1 amide bonds. The van der Waals surface area contributed by atoms with E-state index in [9.17, 15) is 9.59 Å². The molecule has 6 heteroatoms. The third-order valence-electron chi connectivity index (χ3n) is 6.77. The minimum atomic E-state index is -0.116. The van der Waals surface area contributed by atoms with E-state index in [0.717, 1.165) is 53.3 Å². The van der Waals surface area contributed by atoms with Crippen LogP contribution >= 0.6 is 0 Å². The molecule has 0 unspecified atom stereocenters. The summed E-state index contributed by atoms with van der Waals surface area (Å²) in [6.07, 6.45) is 5.49. The van der Waals surface area contributed by atoms with Gasteiger partial charge < -0.3 is 19.0 Å². The minimum absolute atomic E-state index is 0.00257. The lowest BCUT2D eigenvalue weighted by molar-refractivity contribution is -0.146. The van der Waals surface area contributed by atoms with Crippen molar-refractivity contribution >= 4 is 33.7 Å². The number of para-hydroxylation sites is 2. The van der Waals surface area contributed by atoms with Crippen molar-refractivity contribution in [1.29, 1.82) is 0 Å². The number of hydrogen-bond donors (Lipinski definition) is 1.